The van der Waals surface area contributed by atoms with Gasteiger partial charge in [0.2, 0.25) is 0 Å². The van der Waals surface area contributed by atoms with Crippen LogP contribution in [0.1, 0.15) is 11.3 Å². The third-order valence-corrected chi connectivity index (χ3v) is 4.39. The van der Waals surface area contributed by atoms with E-state index in [2.05, 4.69) is 15.2 Å². The first-order valence-corrected chi connectivity index (χ1v) is 8.97. The summed E-state index contributed by atoms with van der Waals surface area (Å²) in [6.07, 6.45) is -4.18. The van der Waals surface area contributed by atoms with Gasteiger partial charge in [0.25, 0.3) is 0 Å². The lowest BCUT2D eigenvalue weighted by Crippen LogP contribution is -2.47. The van der Waals surface area contributed by atoms with Crippen molar-refractivity contribution in [2.75, 3.05) is 36.0 Å². The average Bonchev–Trinajstić information content (AvgIpc) is 2.72. The van der Waals surface area contributed by atoms with Gasteiger partial charge in [0.05, 0.1) is 0 Å². The molecule has 14 heteroatoms. The minimum atomic E-state index is -4.56. The molecule has 0 aromatic carbocycles. The van der Waals surface area contributed by atoms with E-state index < -0.39 is 29.7 Å². The van der Waals surface area contributed by atoms with Crippen LogP contribution < -0.4 is 20.9 Å². The molecule has 0 bridgehead atoms. The van der Waals surface area contributed by atoms with Crippen LogP contribution in [0.15, 0.2) is 24.4 Å². The van der Waals surface area contributed by atoms with Gasteiger partial charge in [0, 0.05) is 37.9 Å². The third kappa shape index (κ3) is 5.46. The highest BCUT2D eigenvalue weighted by Gasteiger charge is 2.33. The molecule has 3 rings (SSSR count). The third-order valence-electron chi connectivity index (χ3n) is 4.39. The molecule has 0 radical (unpaired) electrons. The number of rotatable bonds is 4. The van der Waals surface area contributed by atoms with Gasteiger partial charge >= 0.3 is 12.3 Å². The van der Waals surface area contributed by atoms with Gasteiger partial charge in [-0.2, -0.15) is 13.2 Å². The zero-order valence-electron chi connectivity index (χ0n) is 16.0. The van der Waals surface area contributed by atoms with E-state index in [1.54, 1.807) is 9.80 Å². The molecule has 1 aliphatic heterocycles. The highest BCUT2D eigenvalue weighted by Crippen LogP contribution is 2.28. The fraction of sp³-hybridized carbons (Fsp3) is 0.353. The predicted octanol–water partition coefficient (Wildman–Crippen LogP) is 1.48. The van der Waals surface area contributed by atoms with E-state index in [0.29, 0.717) is 32.0 Å². The van der Waals surface area contributed by atoms with Crippen molar-refractivity contribution >= 4 is 23.7 Å². The lowest BCUT2D eigenvalue weighted by molar-refractivity contribution is -0.141. The van der Waals surface area contributed by atoms with Crippen LogP contribution in [0.3, 0.4) is 0 Å². The minimum absolute atomic E-state index is 0.0613. The van der Waals surface area contributed by atoms with Gasteiger partial charge in [0.15, 0.2) is 29.1 Å². The van der Waals surface area contributed by atoms with Gasteiger partial charge < -0.3 is 20.3 Å². The second kappa shape index (κ2) is 8.97. The molecule has 2 aromatic rings. The summed E-state index contributed by atoms with van der Waals surface area (Å²) in [5.41, 5.74) is 4.02. The van der Waals surface area contributed by atoms with Gasteiger partial charge in [-0.15, -0.1) is 10.2 Å². The molecule has 2 aromatic heterocycles. The van der Waals surface area contributed by atoms with Gasteiger partial charge in [0.1, 0.15) is 6.61 Å². The maximum atomic E-state index is 14.8. The summed E-state index contributed by atoms with van der Waals surface area (Å²) in [6, 6.07) is 3.46. The number of hydrogen-bond acceptors (Lipinski definition) is 8. The number of piperazine rings is 1. The Morgan fingerprint density at radius 2 is 1.84 bits per heavy atom. The molecule has 10 nitrogen and oxygen atoms in total. The van der Waals surface area contributed by atoms with E-state index in [0.717, 1.165) is 6.07 Å². The van der Waals surface area contributed by atoms with Crippen molar-refractivity contribution < 1.29 is 27.1 Å². The molecule has 0 aliphatic carbocycles. The number of anilines is 2. The summed E-state index contributed by atoms with van der Waals surface area (Å²) < 4.78 is 57.5. The fourth-order valence-electron chi connectivity index (χ4n) is 2.88. The van der Waals surface area contributed by atoms with Crippen LogP contribution in [0.5, 0.6) is 0 Å². The van der Waals surface area contributed by atoms with Crippen LogP contribution in [0, 0.1) is 11.2 Å². The molecule has 3 heterocycles. The Morgan fingerprint density at radius 1 is 1.16 bits per heavy atom. The number of guanidine groups is 1. The number of carbonyl (C=O) groups is 1. The molecule has 0 saturated carbocycles. The number of amides is 1. The summed E-state index contributed by atoms with van der Waals surface area (Å²) in [5, 5.41) is 15.7. The number of aromatic nitrogens is 3. The molecule has 166 valence electrons. The van der Waals surface area contributed by atoms with Crippen molar-refractivity contribution in [3.63, 3.8) is 0 Å². The SMILES string of the molecule is N=C(N)NC(=O)OCc1ccnc(N2CCN(c3ccc(C(F)(F)F)nn3)CC2)c1F. The van der Waals surface area contributed by atoms with Crippen LogP contribution in [-0.2, 0) is 17.5 Å². The zero-order chi connectivity index (χ0) is 22.6. The first kappa shape index (κ1) is 22.0. The normalized spacial score (nSPS) is 14.3. The molecule has 0 unspecified atom stereocenters. The Kier molecular flexibility index (Phi) is 6.36. The number of halogens is 4. The largest absolute Gasteiger partial charge is 0.444 e. The van der Waals surface area contributed by atoms with Crippen LogP contribution in [-0.4, -0.2) is 53.4 Å². The van der Waals surface area contributed by atoms with Gasteiger partial charge in [-0.3, -0.25) is 10.7 Å². The fourth-order valence-corrected chi connectivity index (χ4v) is 2.88. The van der Waals surface area contributed by atoms with Gasteiger partial charge in [-0.05, 0) is 18.2 Å². The molecule has 1 saturated heterocycles. The Labute approximate surface area is 173 Å². The maximum Gasteiger partial charge on any atom is 0.435 e. The molecule has 1 fully saturated rings. The van der Waals surface area contributed by atoms with Crippen LogP contribution in [0.4, 0.5) is 34.0 Å². The Balaban J connectivity index is 1.61. The number of nitrogens with one attached hydrogen (secondary N) is 2. The van der Waals surface area contributed by atoms with E-state index in [4.69, 9.17) is 15.9 Å². The van der Waals surface area contributed by atoms with Crippen molar-refractivity contribution in [2.45, 2.75) is 12.8 Å². The Bertz CT molecular complexity index is 946. The number of alkyl halides is 3. The van der Waals surface area contributed by atoms with E-state index in [-0.39, 0.29) is 18.0 Å². The topological polar surface area (TPSA) is 133 Å². The van der Waals surface area contributed by atoms with Crippen molar-refractivity contribution in [1.82, 2.24) is 20.5 Å². The number of nitrogens with two attached hydrogens (primary N) is 1. The molecular weight excluding hydrogens is 424 g/mol. The highest BCUT2D eigenvalue weighted by atomic mass is 19.4. The summed E-state index contributed by atoms with van der Waals surface area (Å²) in [7, 11) is 0. The number of nitrogens with zero attached hydrogens (tertiary/aromatic N) is 5. The van der Waals surface area contributed by atoms with Crippen molar-refractivity contribution in [3.8, 4) is 0 Å². The lowest BCUT2D eigenvalue weighted by atomic mass is 10.2. The standard InChI is InChI=1S/C17H18F4N8O2/c18-13-10(9-31-16(30)25-15(22)23)3-4-24-14(13)29-7-5-28(6-8-29)12-2-1-11(26-27-12)17(19,20)21/h1-4H,5-9H2,(H4,22,23,25,30). The van der Waals surface area contributed by atoms with E-state index in [9.17, 15) is 22.4 Å². The Hall–Kier alpha value is -3.71. The molecule has 4 N–H and O–H groups in total. The van der Waals surface area contributed by atoms with Gasteiger partial charge in [-0.1, -0.05) is 0 Å². The second-order valence-electron chi connectivity index (χ2n) is 6.47. The number of ether oxygens (including phenoxy) is 1. The van der Waals surface area contributed by atoms with Gasteiger partial charge in [-0.25, -0.2) is 14.2 Å². The predicted molar refractivity (Wildman–Crippen MR) is 101 cm³/mol. The highest BCUT2D eigenvalue weighted by molar-refractivity contribution is 5.90. The summed E-state index contributed by atoms with van der Waals surface area (Å²) in [6.45, 7) is 1.01. The van der Waals surface area contributed by atoms with Crippen LogP contribution in [0.25, 0.3) is 0 Å². The first-order chi connectivity index (χ1) is 14.6. The zero-order valence-corrected chi connectivity index (χ0v) is 16.0. The number of carbonyl (C=O) groups excluding carboxylic acids is 1. The Morgan fingerprint density at radius 3 is 2.42 bits per heavy atom. The summed E-state index contributed by atoms with van der Waals surface area (Å²) in [4.78, 5) is 18.8. The molecule has 0 spiro atoms. The van der Waals surface area contributed by atoms with Crippen molar-refractivity contribution in [3.05, 3.63) is 41.5 Å². The van der Waals surface area contributed by atoms with Crippen LogP contribution >= 0.6 is 0 Å². The number of alkyl carbamates (subject to hydrolysis) is 1. The number of hydrogen-bond donors (Lipinski definition) is 3. The molecular formula is C17H18F4N8O2. The number of pyridine rings is 1. The molecule has 1 aliphatic rings. The van der Waals surface area contributed by atoms with Crippen LogP contribution in [0.2, 0.25) is 0 Å². The quantitative estimate of drug-likeness (QED) is 0.368. The minimum Gasteiger partial charge on any atom is -0.444 e. The van der Waals surface area contributed by atoms with E-state index in [1.165, 1.54) is 18.3 Å². The molecule has 0 atom stereocenters. The monoisotopic (exact) mass is 442 g/mol. The van der Waals surface area contributed by atoms with Crippen molar-refractivity contribution in [2.24, 2.45) is 5.73 Å². The van der Waals surface area contributed by atoms with E-state index >= 15 is 0 Å². The summed E-state index contributed by atoms with van der Waals surface area (Å²) in [5.74, 6) is -0.914. The lowest BCUT2D eigenvalue weighted by Gasteiger charge is -2.36. The molecule has 1 amide bonds. The smallest absolute Gasteiger partial charge is 0.435 e. The first-order valence-electron chi connectivity index (χ1n) is 8.97. The van der Waals surface area contributed by atoms with Crippen molar-refractivity contribution in [1.29, 1.82) is 5.41 Å². The average molecular weight is 442 g/mol. The van der Waals surface area contributed by atoms with E-state index in [1.807, 2.05) is 5.32 Å². The second-order valence-corrected chi connectivity index (χ2v) is 6.47. The maximum absolute atomic E-state index is 14.8. The summed E-state index contributed by atoms with van der Waals surface area (Å²) >= 11 is 0. The molecule has 31 heavy (non-hydrogen) atoms.